The number of hydrogen-bond donors (Lipinski definition) is 2. The fourth-order valence-electron chi connectivity index (χ4n) is 2.11. The third kappa shape index (κ3) is 2.93. The van der Waals surface area contributed by atoms with Gasteiger partial charge in [-0.1, -0.05) is 24.3 Å². The Morgan fingerprint density at radius 2 is 1.95 bits per heavy atom. The molecule has 0 fully saturated rings. The number of aromatic amines is 1. The van der Waals surface area contributed by atoms with Crippen molar-refractivity contribution in [1.29, 1.82) is 0 Å². The second-order valence-corrected chi connectivity index (χ2v) is 4.69. The first-order valence-electron chi connectivity index (χ1n) is 6.60. The number of imidazole rings is 1. The van der Waals surface area contributed by atoms with Gasteiger partial charge in [0.2, 0.25) is 5.95 Å². The van der Waals surface area contributed by atoms with Gasteiger partial charge >= 0.3 is 0 Å². The Morgan fingerprint density at radius 1 is 1.19 bits per heavy atom. The Morgan fingerprint density at radius 3 is 2.67 bits per heavy atom. The third-order valence-electron chi connectivity index (χ3n) is 3.15. The van der Waals surface area contributed by atoms with Crippen LogP contribution >= 0.6 is 0 Å². The summed E-state index contributed by atoms with van der Waals surface area (Å²) < 4.78 is 5.04. The number of hydrogen-bond acceptors (Lipinski definition) is 3. The van der Waals surface area contributed by atoms with Gasteiger partial charge in [0, 0.05) is 12.7 Å². The van der Waals surface area contributed by atoms with Crippen LogP contribution in [0, 0.1) is 0 Å². The number of nitrogens with zero attached hydrogens (tertiary/aromatic N) is 1. The van der Waals surface area contributed by atoms with E-state index in [9.17, 15) is 4.79 Å². The summed E-state index contributed by atoms with van der Waals surface area (Å²) in [4.78, 5) is 19.5. The predicted octanol–water partition coefficient (Wildman–Crippen LogP) is 2.96. The highest BCUT2D eigenvalue weighted by atomic mass is 16.5. The number of methoxy groups -OCH3 is 1. The van der Waals surface area contributed by atoms with Gasteiger partial charge in [0.25, 0.3) is 5.91 Å². The number of anilines is 1. The molecular weight excluding hydrogens is 266 g/mol. The maximum Gasteiger partial charge on any atom is 0.257 e. The van der Waals surface area contributed by atoms with E-state index in [1.807, 2.05) is 36.4 Å². The standard InChI is InChI=1S/C16H15N3O2/c1-21-10-11-6-8-12(9-7-11)15(20)19-16-17-13-4-2-3-5-14(13)18-16/h2-9H,10H2,1H3,(H2,17,18,19,20). The molecule has 21 heavy (non-hydrogen) atoms. The smallest absolute Gasteiger partial charge is 0.257 e. The first kappa shape index (κ1) is 13.3. The van der Waals surface area contributed by atoms with Crippen LogP contribution in [0.1, 0.15) is 15.9 Å². The van der Waals surface area contributed by atoms with Crippen LogP contribution in [-0.2, 0) is 11.3 Å². The van der Waals surface area contributed by atoms with Gasteiger partial charge in [-0.05, 0) is 29.8 Å². The topological polar surface area (TPSA) is 67.0 Å². The average molecular weight is 281 g/mol. The zero-order valence-electron chi connectivity index (χ0n) is 11.6. The largest absolute Gasteiger partial charge is 0.380 e. The maximum absolute atomic E-state index is 12.2. The zero-order valence-corrected chi connectivity index (χ0v) is 11.6. The van der Waals surface area contributed by atoms with E-state index in [1.54, 1.807) is 19.2 Å². The zero-order chi connectivity index (χ0) is 14.7. The molecule has 0 saturated carbocycles. The lowest BCUT2D eigenvalue weighted by Crippen LogP contribution is -2.12. The van der Waals surface area contributed by atoms with E-state index in [2.05, 4.69) is 15.3 Å². The Hall–Kier alpha value is -2.66. The molecule has 3 rings (SSSR count). The highest BCUT2D eigenvalue weighted by molar-refractivity contribution is 6.03. The molecule has 1 heterocycles. The number of carbonyl (C=O) groups is 1. The molecule has 0 radical (unpaired) electrons. The fourth-order valence-corrected chi connectivity index (χ4v) is 2.11. The van der Waals surface area contributed by atoms with E-state index in [4.69, 9.17) is 4.74 Å². The van der Waals surface area contributed by atoms with Gasteiger partial charge < -0.3 is 9.72 Å². The lowest BCUT2D eigenvalue weighted by Gasteiger charge is -2.03. The van der Waals surface area contributed by atoms with E-state index in [0.29, 0.717) is 18.1 Å². The number of H-pyrrole nitrogens is 1. The van der Waals surface area contributed by atoms with Crippen molar-refractivity contribution in [3.8, 4) is 0 Å². The van der Waals surface area contributed by atoms with Crippen LogP contribution in [0.15, 0.2) is 48.5 Å². The van der Waals surface area contributed by atoms with Crippen molar-refractivity contribution >= 4 is 22.9 Å². The Labute approximate surface area is 122 Å². The fraction of sp³-hybridized carbons (Fsp3) is 0.125. The van der Waals surface area contributed by atoms with Gasteiger partial charge in [-0.2, -0.15) is 0 Å². The SMILES string of the molecule is COCc1ccc(C(=O)Nc2nc3ccccc3[nH]2)cc1. The summed E-state index contributed by atoms with van der Waals surface area (Å²) in [5.41, 5.74) is 3.32. The minimum absolute atomic E-state index is 0.196. The van der Waals surface area contributed by atoms with Gasteiger partial charge in [0.15, 0.2) is 0 Å². The molecule has 1 aromatic heterocycles. The van der Waals surface area contributed by atoms with E-state index < -0.39 is 0 Å². The molecule has 0 spiro atoms. The van der Waals surface area contributed by atoms with Crippen LogP contribution in [-0.4, -0.2) is 23.0 Å². The quantitative estimate of drug-likeness (QED) is 0.772. The summed E-state index contributed by atoms with van der Waals surface area (Å²) in [6, 6.07) is 14.9. The number of benzene rings is 2. The third-order valence-corrected chi connectivity index (χ3v) is 3.15. The molecule has 5 heteroatoms. The molecule has 0 aliphatic rings. The Balaban J connectivity index is 1.76. The van der Waals surface area contributed by atoms with Gasteiger partial charge in [-0.15, -0.1) is 0 Å². The van der Waals surface area contributed by atoms with E-state index >= 15 is 0 Å². The molecule has 5 nitrogen and oxygen atoms in total. The number of rotatable bonds is 4. The normalized spacial score (nSPS) is 10.7. The number of para-hydroxylation sites is 2. The Kier molecular flexibility index (Phi) is 3.66. The molecule has 106 valence electrons. The van der Waals surface area contributed by atoms with Crippen molar-refractivity contribution in [2.45, 2.75) is 6.61 Å². The van der Waals surface area contributed by atoms with E-state index in [-0.39, 0.29) is 5.91 Å². The second-order valence-electron chi connectivity index (χ2n) is 4.69. The number of ether oxygens (including phenoxy) is 1. The number of nitrogens with one attached hydrogen (secondary N) is 2. The van der Waals surface area contributed by atoms with Crippen molar-refractivity contribution in [2.75, 3.05) is 12.4 Å². The summed E-state index contributed by atoms with van der Waals surface area (Å²) in [5.74, 6) is 0.250. The summed E-state index contributed by atoms with van der Waals surface area (Å²) in [5, 5.41) is 2.76. The summed E-state index contributed by atoms with van der Waals surface area (Å²) in [6.45, 7) is 0.533. The predicted molar refractivity (Wildman–Crippen MR) is 81.2 cm³/mol. The number of carbonyl (C=O) groups excluding carboxylic acids is 1. The molecule has 1 amide bonds. The van der Waals surface area contributed by atoms with Gasteiger partial charge in [-0.3, -0.25) is 10.1 Å². The lowest BCUT2D eigenvalue weighted by molar-refractivity contribution is 0.102. The van der Waals surface area contributed by atoms with Crippen molar-refractivity contribution in [3.63, 3.8) is 0 Å². The van der Waals surface area contributed by atoms with Crippen LogP contribution in [0.3, 0.4) is 0 Å². The highest BCUT2D eigenvalue weighted by Gasteiger charge is 2.09. The average Bonchev–Trinajstić information content (AvgIpc) is 2.90. The van der Waals surface area contributed by atoms with Crippen molar-refractivity contribution in [3.05, 3.63) is 59.7 Å². The van der Waals surface area contributed by atoms with Crippen molar-refractivity contribution in [1.82, 2.24) is 9.97 Å². The first-order chi connectivity index (χ1) is 10.3. The maximum atomic E-state index is 12.2. The minimum Gasteiger partial charge on any atom is -0.380 e. The van der Waals surface area contributed by atoms with E-state index in [1.165, 1.54) is 0 Å². The molecule has 0 aliphatic heterocycles. The number of amides is 1. The number of aromatic nitrogens is 2. The van der Waals surface area contributed by atoms with Crippen LogP contribution < -0.4 is 5.32 Å². The molecule has 2 aromatic carbocycles. The van der Waals surface area contributed by atoms with Crippen LogP contribution in [0.2, 0.25) is 0 Å². The van der Waals surface area contributed by atoms with Crippen molar-refractivity contribution < 1.29 is 9.53 Å². The second kappa shape index (κ2) is 5.76. The van der Waals surface area contributed by atoms with Gasteiger partial charge in [0.05, 0.1) is 17.6 Å². The number of fused-ring (bicyclic) bond motifs is 1. The van der Waals surface area contributed by atoms with E-state index in [0.717, 1.165) is 16.6 Å². The first-order valence-corrected chi connectivity index (χ1v) is 6.60. The summed E-state index contributed by atoms with van der Waals surface area (Å²) in [6.07, 6.45) is 0. The van der Waals surface area contributed by atoms with Gasteiger partial charge in [0.1, 0.15) is 0 Å². The monoisotopic (exact) mass is 281 g/mol. The van der Waals surface area contributed by atoms with Crippen LogP contribution in [0.4, 0.5) is 5.95 Å². The van der Waals surface area contributed by atoms with Gasteiger partial charge in [-0.25, -0.2) is 4.98 Å². The van der Waals surface area contributed by atoms with Crippen LogP contribution in [0.25, 0.3) is 11.0 Å². The molecular formula is C16H15N3O2. The molecule has 0 unspecified atom stereocenters. The summed E-state index contributed by atoms with van der Waals surface area (Å²) >= 11 is 0. The molecule has 0 saturated heterocycles. The molecule has 0 aliphatic carbocycles. The van der Waals surface area contributed by atoms with Crippen LogP contribution in [0.5, 0.6) is 0 Å². The highest BCUT2D eigenvalue weighted by Crippen LogP contribution is 2.14. The molecule has 2 N–H and O–H groups in total. The molecule has 0 bridgehead atoms. The Bertz CT molecular complexity index is 730. The minimum atomic E-state index is -0.196. The molecule has 3 aromatic rings. The summed E-state index contributed by atoms with van der Waals surface area (Å²) in [7, 11) is 1.64. The molecule has 0 atom stereocenters. The van der Waals surface area contributed by atoms with Crippen molar-refractivity contribution in [2.24, 2.45) is 0 Å². The lowest BCUT2D eigenvalue weighted by atomic mass is 10.1.